The van der Waals surface area contributed by atoms with Crippen LogP contribution in [0.25, 0.3) is 0 Å². The summed E-state index contributed by atoms with van der Waals surface area (Å²) in [5.74, 6) is 0.847. The Morgan fingerprint density at radius 1 is 1.56 bits per heavy atom. The number of anilines is 2. The summed E-state index contributed by atoms with van der Waals surface area (Å²) in [7, 11) is 1.96. The Balaban J connectivity index is 2.14. The van der Waals surface area contributed by atoms with Crippen molar-refractivity contribution in [3.63, 3.8) is 0 Å². The first-order valence-corrected chi connectivity index (χ1v) is 5.32. The van der Waals surface area contributed by atoms with Gasteiger partial charge in [0.15, 0.2) is 0 Å². The average molecular weight is 220 g/mol. The van der Waals surface area contributed by atoms with Gasteiger partial charge in [0.25, 0.3) is 0 Å². The van der Waals surface area contributed by atoms with Crippen LogP contribution in [-0.2, 0) is 4.79 Å². The smallest absolute Gasteiger partial charge is 0.138 e. The zero-order valence-corrected chi connectivity index (χ0v) is 9.34. The number of aromatic nitrogens is 1. The van der Waals surface area contributed by atoms with Crippen LogP contribution in [0.15, 0.2) is 18.3 Å². The van der Waals surface area contributed by atoms with Gasteiger partial charge in [-0.2, -0.15) is 0 Å². The van der Waals surface area contributed by atoms with E-state index in [1.165, 1.54) is 0 Å². The molecule has 2 N–H and O–H groups in total. The summed E-state index contributed by atoms with van der Waals surface area (Å²) < 4.78 is 0. The number of nitrogens with two attached hydrogens (primary N) is 1. The third-order valence-corrected chi connectivity index (χ3v) is 2.95. The lowest BCUT2D eigenvalue weighted by Gasteiger charge is -2.37. The maximum Gasteiger partial charge on any atom is 0.138 e. The highest BCUT2D eigenvalue weighted by Crippen LogP contribution is 2.17. The van der Waals surface area contributed by atoms with Crippen LogP contribution in [0.5, 0.6) is 0 Å². The number of aldehydes is 1. The van der Waals surface area contributed by atoms with E-state index in [-0.39, 0.29) is 6.04 Å². The number of hydrogen-bond donors (Lipinski definition) is 1. The Hall–Kier alpha value is -1.62. The second-order valence-corrected chi connectivity index (χ2v) is 4.08. The molecule has 1 aromatic rings. The molecular weight excluding hydrogens is 204 g/mol. The lowest BCUT2D eigenvalue weighted by atomic mass is 10.2. The second kappa shape index (κ2) is 4.49. The predicted octanol–water partition coefficient (Wildman–Crippen LogP) is -0.0169. The fraction of sp³-hybridized carbons (Fsp3) is 0.455. The van der Waals surface area contributed by atoms with E-state index in [9.17, 15) is 4.79 Å². The molecule has 5 nitrogen and oxygen atoms in total. The van der Waals surface area contributed by atoms with Gasteiger partial charge in [-0.05, 0) is 13.1 Å². The fourth-order valence-electron chi connectivity index (χ4n) is 1.86. The molecule has 1 saturated heterocycles. The summed E-state index contributed by atoms with van der Waals surface area (Å²) in [5.41, 5.74) is 6.41. The molecule has 0 radical (unpaired) electrons. The van der Waals surface area contributed by atoms with E-state index in [0.29, 0.717) is 12.2 Å². The lowest BCUT2D eigenvalue weighted by molar-refractivity contribution is -0.112. The van der Waals surface area contributed by atoms with Crippen molar-refractivity contribution in [2.45, 2.75) is 6.04 Å². The number of nitrogen functional groups attached to an aromatic ring is 1. The predicted molar refractivity (Wildman–Crippen MR) is 63.3 cm³/mol. The molecule has 2 rings (SSSR count). The fourth-order valence-corrected chi connectivity index (χ4v) is 1.86. The Kier molecular flexibility index (Phi) is 3.05. The van der Waals surface area contributed by atoms with Crippen molar-refractivity contribution in [1.29, 1.82) is 0 Å². The molecule has 0 bridgehead atoms. The van der Waals surface area contributed by atoms with Gasteiger partial charge in [0.1, 0.15) is 12.1 Å². The molecular formula is C11H16N4O. The van der Waals surface area contributed by atoms with E-state index in [4.69, 9.17) is 5.73 Å². The number of pyridine rings is 1. The molecule has 0 saturated carbocycles. The standard InChI is InChI=1S/C11H16N4O/c1-14-4-5-15(7-10(14)8-16)11-6-9(12)2-3-13-11/h2-3,6,8,10H,4-5,7H2,1H3,(H2,12,13). The van der Waals surface area contributed by atoms with Gasteiger partial charge in [-0.3, -0.25) is 4.90 Å². The molecule has 1 aliphatic heterocycles. The van der Waals surface area contributed by atoms with Crippen LogP contribution in [0.4, 0.5) is 11.5 Å². The lowest BCUT2D eigenvalue weighted by Crippen LogP contribution is -2.52. The highest BCUT2D eigenvalue weighted by molar-refractivity contribution is 5.61. The van der Waals surface area contributed by atoms with Crippen molar-refractivity contribution in [3.8, 4) is 0 Å². The van der Waals surface area contributed by atoms with Crippen LogP contribution in [0.1, 0.15) is 0 Å². The normalized spacial score (nSPS) is 22.1. The minimum Gasteiger partial charge on any atom is -0.399 e. The number of carbonyl (C=O) groups excluding carboxylic acids is 1. The molecule has 0 aromatic carbocycles. The zero-order valence-electron chi connectivity index (χ0n) is 9.34. The second-order valence-electron chi connectivity index (χ2n) is 4.08. The summed E-state index contributed by atoms with van der Waals surface area (Å²) in [6.07, 6.45) is 2.68. The molecule has 1 unspecified atom stereocenters. The molecule has 0 aliphatic carbocycles. The molecule has 1 fully saturated rings. The average Bonchev–Trinajstić information content (AvgIpc) is 2.29. The number of carbonyl (C=O) groups is 1. The first kappa shape index (κ1) is 10.9. The summed E-state index contributed by atoms with van der Waals surface area (Å²) in [4.78, 5) is 19.3. The highest BCUT2D eigenvalue weighted by Gasteiger charge is 2.24. The van der Waals surface area contributed by atoms with E-state index in [2.05, 4.69) is 14.8 Å². The summed E-state index contributed by atoms with van der Waals surface area (Å²) >= 11 is 0. The maximum atomic E-state index is 10.9. The first-order valence-electron chi connectivity index (χ1n) is 5.32. The molecule has 1 atom stereocenters. The number of likely N-dealkylation sites (N-methyl/N-ethyl adjacent to an activating group) is 1. The quantitative estimate of drug-likeness (QED) is 0.710. The van der Waals surface area contributed by atoms with E-state index < -0.39 is 0 Å². The van der Waals surface area contributed by atoms with Gasteiger partial charge in [0.2, 0.25) is 0 Å². The van der Waals surface area contributed by atoms with Crippen molar-refractivity contribution in [3.05, 3.63) is 18.3 Å². The van der Waals surface area contributed by atoms with Crippen LogP contribution in [0, 0.1) is 0 Å². The molecule has 1 aliphatic rings. The van der Waals surface area contributed by atoms with E-state index in [0.717, 1.165) is 25.2 Å². The minimum atomic E-state index is -0.0584. The van der Waals surface area contributed by atoms with Gasteiger partial charge in [-0.25, -0.2) is 4.98 Å². The van der Waals surface area contributed by atoms with Gasteiger partial charge >= 0.3 is 0 Å². The molecule has 2 heterocycles. The number of piperazine rings is 1. The van der Waals surface area contributed by atoms with Crippen molar-refractivity contribution < 1.29 is 4.79 Å². The molecule has 5 heteroatoms. The Bertz CT molecular complexity index is 382. The van der Waals surface area contributed by atoms with Gasteiger partial charge in [0, 0.05) is 37.6 Å². The third kappa shape index (κ3) is 2.14. The van der Waals surface area contributed by atoms with Gasteiger partial charge < -0.3 is 15.4 Å². The minimum absolute atomic E-state index is 0.0584. The third-order valence-electron chi connectivity index (χ3n) is 2.95. The summed E-state index contributed by atoms with van der Waals surface area (Å²) in [6, 6.07) is 3.54. The number of hydrogen-bond acceptors (Lipinski definition) is 5. The molecule has 86 valence electrons. The molecule has 1 aromatic heterocycles. The van der Waals surface area contributed by atoms with Gasteiger partial charge in [-0.1, -0.05) is 0 Å². The van der Waals surface area contributed by atoms with Crippen molar-refractivity contribution in [1.82, 2.24) is 9.88 Å². The van der Waals surface area contributed by atoms with Crippen LogP contribution < -0.4 is 10.6 Å². The van der Waals surface area contributed by atoms with Crippen LogP contribution in [-0.4, -0.2) is 48.9 Å². The SMILES string of the molecule is CN1CCN(c2cc(N)ccn2)CC1C=O. The van der Waals surface area contributed by atoms with Crippen LogP contribution in [0.3, 0.4) is 0 Å². The maximum absolute atomic E-state index is 10.9. The zero-order chi connectivity index (χ0) is 11.5. The van der Waals surface area contributed by atoms with Crippen LogP contribution in [0.2, 0.25) is 0 Å². The largest absolute Gasteiger partial charge is 0.399 e. The van der Waals surface area contributed by atoms with Crippen LogP contribution >= 0.6 is 0 Å². The summed E-state index contributed by atoms with van der Waals surface area (Å²) in [5, 5.41) is 0. The Morgan fingerprint density at radius 3 is 3.06 bits per heavy atom. The number of nitrogens with zero attached hydrogens (tertiary/aromatic N) is 3. The molecule has 0 amide bonds. The topological polar surface area (TPSA) is 62.5 Å². The first-order chi connectivity index (χ1) is 7.70. The van der Waals surface area contributed by atoms with Crippen molar-refractivity contribution >= 4 is 17.8 Å². The Morgan fingerprint density at radius 2 is 2.38 bits per heavy atom. The monoisotopic (exact) mass is 220 g/mol. The van der Waals surface area contributed by atoms with E-state index >= 15 is 0 Å². The Labute approximate surface area is 94.9 Å². The van der Waals surface area contributed by atoms with E-state index in [1.807, 2.05) is 13.1 Å². The van der Waals surface area contributed by atoms with E-state index in [1.54, 1.807) is 12.3 Å². The van der Waals surface area contributed by atoms with Gasteiger partial charge in [0.05, 0.1) is 6.04 Å². The molecule has 0 spiro atoms. The van der Waals surface area contributed by atoms with Gasteiger partial charge in [-0.15, -0.1) is 0 Å². The highest BCUT2D eigenvalue weighted by atomic mass is 16.1. The van der Waals surface area contributed by atoms with Crippen molar-refractivity contribution in [2.75, 3.05) is 37.3 Å². The van der Waals surface area contributed by atoms with Crippen molar-refractivity contribution in [2.24, 2.45) is 0 Å². The molecule has 16 heavy (non-hydrogen) atoms. The summed E-state index contributed by atoms with van der Waals surface area (Å²) in [6.45, 7) is 2.41. The number of rotatable bonds is 2.